The average molecular weight is 377 g/mol. The number of nitrogens with one attached hydrogen (secondary N) is 1. The summed E-state index contributed by atoms with van der Waals surface area (Å²) >= 11 is 1.34. The number of benzene rings is 1. The zero-order valence-corrected chi connectivity index (χ0v) is 15.9. The Balaban J connectivity index is 1.69. The van der Waals surface area contributed by atoms with Crippen molar-refractivity contribution in [2.45, 2.75) is 35.4 Å². The van der Waals surface area contributed by atoms with E-state index in [9.17, 15) is 8.42 Å². The SMILES string of the molecule is O=S(=O)(c1cccs1)C(C1CCNCC1)N1CCc2ccccc2C1. The maximum absolute atomic E-state index is 13.5. The van der Waals surface area contributed by atoms with Gasteiger partial charge in [0.2, 0.25) is 9.84 Å². The van der Waals surface area contributed by atoms with Crippen LogP contribution in [0.25, 0.3) is 0 Å². The molecule has 0 bridgehead atoms. The third-order valence-electron chi connectivity index (χ3n) is 5.40. The van der Waals surface area contributed by atoms with Crippen LogP contribution in [0.2, 0.25) is 0 Å². The first kappa shape index (κ1) is 17.2. The number of hydrogen-bond acceptors (Lipinski definition) is 5. The van der Waals surface area contributed by atoms with E-state index in [0.717, 1.165) is 45.4 Å². The van der Waals surface area contributed by atoms with Crippen molar-refractivity contribution in [3.05, 3.63) is 52.9 Å². The predicted molar refractivity (Wildman–Crippen MR) is 101 cm³/mol. The molecule has 2 aliphatic heterocycles. The van der Waals surface area contributed by atoms with Gasteiger partial charge in [0.15, 0.2) is 0 Å². The number of rotatable bonds is 4. The molecule has 134 valence electrons. The van der Waals surface area contributed by atoms with Crippen molar-refractivity contribution in [1.29, 1.82) is 0 Å². The first-order valence-electron chi connectivity index (χ1n) is 8.95. The van der Waals surface area contributed by atoms with Crippen molar-refractivity contribution in [2.75, 3.05) is 19.6 Å². The number of thiophene rings is 1. The van der Waals surface area contributed by atoms with Crippen LogP contribution in [-0.2, 0) is 22.8 Å². The van der Waals surface area contributed by atoms with E-state index in [1.54, 1.807) is 6.07 Å². The average Bonchev–Trinajstić information content (AvgIpc) is 3.18. The van der Waals surface area contributed by atoms with Crippen molar-refractivity contribution in [1.82, 2.24) is 10.2 Å². The van der Waals surface area contributed by atoms with Gasteiger partial charge in [-0.2, -0.15) is 0 Å². The Labute approximate surface area is 153 Å². The van der Waals surface area contributed by atoms with Crippen LogP contribution in [0.1, 0.15) is 24.0 Å². The van der Waals surface area contributed by atoms with Crippen LogP contribution in [0.5, 0.6) is 0 Å². The molecule has 1 N–H and O–H groups in total. The van der Waals surface area contributed by atoms with Crippen LogP contribution >= 0.6 is 11.3 Å². The Hall–Kier alpha value is -1.21. The first-order valence-corrected chi connectivity index (χ1v) is 11.4. The molecule has 1 unspecified atom stereocenters. The van der Waals surface area contributed by atoms with Crippen LogP contribution in [0.3, 0.4) is 0 Å². The van der Waals surface area contributed by atoms with E-state index in [4.69, 9.17) is 0 Å². The molecule has 2 aromatic rings. The molecular formula is C19H24N2O2S2. The number of sulfone groups is 1. The second-order valence-electron chi connectivity index (χ2n) is 6.94. The Bertz CT molecular complexity index is 812. The van der Waals surface area contributed by atoms with Crippen LogP contribution in [0.15, 0.2) is 46.0 Å². The van der Waals surface area contributed by atoms with Crippen molar-refractivity contribution in [3.63, 3.8) is 0 Å². The largest absolute Gasteiger partial charge is 0.317 e. The summed E-state index contributed by atoms with van der Waals surface area (Å²) in [5, 5.41) is 4.81. The standard InChI is InChI=1S/C19H24N2O2S2/c22-25(23,18-6-3-13-24-18)19(16-7-10-20-11-8-16)21-12-9-15-4-1-2-5-17(15)14-21/h1-6,13,16,19-20H,7-12,14H2. The topological polar surface area (TPSA) is 49.4 Å². The van der Waals surface area contributed by atoms with Crippen LogP contribution in [0.4, 0.5) is 0 Å². The van der Waals surface area contributed by atoms with Gasteiger partial charge >= 0.3 is 0 Å². The minimum Gasteiger partial charge on any atom is -0.317 e. The van der Waals surface area contributed by atoms with E-state index < -0.39 is 15.2 Å². The molecule has 25 heavy (non-hydrogen) atoms. The van der Waals surface area contributed by atoms with E-state index >= 15 is 0 Å². The lowest BCUT2D eigenvalue weighted by atomic mass is 9.94. The summed E-state index contributed by atoms with van der Waals surface area (Å²) in [6.07, 6.45) is 2.78. The highest BCUT2D eigenvalue weighted by Crippen LogP contribution is 2.34. The van der Waals surface area contributed by atoms with E-state index in [1.165, 1.54) is 22.5 Å². The summed E-state index contributed by atoms with van der Waals surface area (Å²) in [5.74, 6) is 0.193. The molecule has 1 aromatic heterocycles. The highest BCUT2D eigenvalue weighted by molar-refractivity contribution is 7.94. The van der Waals surface area contributed by atoms with Crippen LogP contribution in [0, 0.1) is 5.92 Å². The predicted octanol–water partition coefficient (Wildman–Crippen LogP) is 2.91. The molecule has 1 atom stereocenters. The zero-order chi connectivity index (χ0) is 17.3. The van der Waals surface area contributed by atoms with Gasteiger partial charge in [0.05, 0.1) is 0 Å². The van der Waals surface area contributed by atoms with E-state index in [2.05, 4.69) is 34.5 Å². The summed E-state index contributed by atoms with van der Waals surface area (Å²) in [6, 6.07) is 12.0. The molecule has 4 nitrogen and oxygen atoms in total. The van der Waals surface area contributed by atoms with Gasteiger partial charge in [0.1, 0.15) is 9.58 Å². The van der Waals surface area contributed by atoms with Crippen molar-refractivity contribution in [3.8, 4) is 0 Å². The molecule has 0 radical (unpaired) electrons. The number of hydrogen-bond donors (Lipinski definition) is 1. The second-order valence-corrected chi connectivity index (χ2v) is 10.2. The summed E-state index contributed by atoms with van der Waals surface area (Å²) in [4.78, 5) is 2.22. The fourth-order valence-electron chi connectivity index (χ4n) is 4.16. The minimum atomic E-state index is -3.34. The molecule has 0 saturated carbocycles. The first-order chi connectivity index (χ1) is 12.2. The normalized spacial score (nSPS) is 21.0. The molecular weight excluding hydrogens is 352 g/mol. The quantitative estimate of drug-likeness (QED) is 0.891. The maximum atomic E-state index is 13.5. The highest BCUT2D eigenvalue weighted by Gasteiger charge is 2.41. The molecule has 1 aromatic carbocycles. The van der Waals surface area contributed by atoms with Crippen molar-refractivity contribution >= 4 is 21.2 Å². The number of piperidine rings is 1. The Kier molecular flexibility index (Phi) is 4.95. The Morgan fingerprint density at radius 3 is 2.56 bits per heavy atom. The lowest BCUT2D eigenvalue weighted by Crippen LogP contribution is -2.50. The van der Waals surface area contributed by atoms with Crippen molar-refractivity contribution in [2.24, 2.45) is 5.92 Å². The van der Waals surface area contributed by atoms with E-state index in [1.807, 2.05) is 11.4 Å². The Morgan fingerprint density at radius 1 is 1.08 bits per heavy atom. The molecule has 2 aliphatic rings. The lowest BCUT2D eigenvalue weighted by molar-refractivity contribution is 0.159. The van der Waals surface area contributed by atoms with E-state index in [0.29, 0.717) is 4.21 Å². The van der Waals surface area contributed by atoms with Gasteiger partial charge in [0, 0.05) is 13.1 Å². The fraction of sp³-hybridized carbons (Fsp3) is 0.474. The molecule has 0 spiro atoms. The van der Waals surface area contributed by atoms with Gasteiger partial charge < -0.3 is 5.32 Å². The molecule has 0 amide bonds. The van der Waals surface area contributed by atoms with Gasteiger partial charge in [-0.1, -0.05) is 30.3 Å². The number of nitrogens with zero attached hydrogens (tertiary/aromatic N) is 1. The van der Waals surface area contributed by atoms with Gasteiger partial charge in [-0.05, 0) is 60.8 Å². The second kappa shape index (κ2) is 7.19. The molecule has 4 rings (SSSR count). The molecule has 1 saturated heterocycles. The highest BCUT2D eigenvalue weighted by atomic mass is 32.2. The van der Waals surface area contributed by atoms with Gasteiger partial charge in [-0.25, -0.2) is 8.42 Å². The summed E-state index contributed by atoms with van der Waals surface area (Å²) in [7, 11) is -3.34. The van der Waals surface area contributed by atoms with Crippen molar-refractivity contribution < 1.29 is 8.42 Å². The molecule has 1 fully saturated rings. The summed E-state index contributed by atoms with van der Waals surface area (Å²) in [5.41, 5.74) is 2.63. The summed E-state index contributed by atoms with van der Waals surface area (Å²) < 4.78 is 27.4. The van der Waals surface area contributed by atoms with Crippen LogP contribution < -0.4 is 5.32 Å². The van der Waals surface area contributed by atoms with Gasteiger partial charge in [0.25, 0.3) is 0 Å². The summed E-state index contributed by atoms with van der Waals surface area (Å²) in [6.45, 7) is 3.36. The molecule has 3 heterocycles. The van der Waals surface area contributed by atoms with Gasteiger partial charge in [-0.3, -0.25) is 4.90 Å². The Morgan fingerprint density at radius 2 is 1.84 bits per heavy atom. The maximum Gasteiger partial charge on any atom is 0.204 e. The van der Waals surface area contributed by atoms with Crippen LogP contribution in [-0.4, -0.2) is 38.3 Å². The fourth-order valence-corrected chi connectivity index (χ4v) is 7.46. The molecule has 6 heteroatoms. The molecule has 0 aliphatic carbocycles. The zero-order valence-electron chi connectivity index (χ0n) is 14.2. The smallest absolute Gasteiger partial charge is 0.204 e. The third-order valence-corrected chi connectivity index (χ3v) is 9.06. The minimum absolute atomic E-state index is 0.193. The monoisotopic (exact) mass is 376 g/mol. The lowest BCUT2D eigenvalue weighted by Gasteiger charge is -2.40. The van der Waals surface area contributed by atoms with Gasteiger partial charge in [-0.15, -0.1) is 11.3 Å². The van der Waals surface area contributed by atoms with E-state index in [-0.39, 0.29) is 5.92 Å². The number of fused-ring (bicyclic) bond motifs is 1. The third kappa shape index (κ3) is 3.40.